The second kappa shape index (κ2) is 5.95. The average Bonchev–Trinajstić information content (AvgIpc) is 3.19. The van der Waals surface area contributed by atoms with Crippen LogP contribution in [-0.2, 0) is 4.79 Å². The Morgan fingerprint density at radius 3 is 2.62 bits per heavy atom. The molecule has 1 saturated carbocycles. The zero-order valence-electron chi connectivity index (χ0n) is 11.7. The second-order valence-corrected chi connectivity index (χ2v) is 5.34. The minimum atomic E-state index is 0.0714. The minimum Gasteiger partial charge on any atom is -0.453 e. The molecule has 1 aromatic carbocycles. The Morgan fingerprint density at radius 1 is 1.14 bits per heavy atom. The Kier molecular flexibility index (Phi) is 3.86. The number of furan rings is 1. The van der Waals surface area contributed by atoms with Gasteiger partial charge in [0.2, 0.25) is 5.91 Å². The molecule has 0 spiro atoms. The molecule has 1 N–H and O–H groups in total. The maximum Gasteiger partial charge on any atom is 0.227 e. The van der Waals surface area contributed by atoms with Crippen LogP contribution in [0.25, 0.3) is 11.3 Å². The summed E-state index contributed by atoms with van der Waals surface area (Å²) in [6, 6.07) is 10.8. The summed E-state index contributed by atoms with van der Waals surface area (Å²) in [5.41, 5.74) is 1.51. The number of anilines is 1. The van der Waals surface area contributed by atoms with Crippen LogP contribution in [-0.4, -0.2) is 12.2 Å². The first-order chi connectivity index (χ1) is 10.3. The normalized spacial score (nSPS) is 15.0. The predicted octanol–water partition coefficient (Wildman–Crippen LogP) is 3.89. The van der Waals surface area contributed by atoms with Crippen LogP contribution in [0, 0.1) is 5.92 Å². The van der Waals surface area contributed by atoms with E-state index in [2.05, 4.69) is 5.32 Å². The Labute approximate surface area is 123 Å². The SMILES string of the molecule is O=Cc1ccc(-c2ccccc2NC(=O)C2CCCC2)o1. The van der Waals surface area contributed by atoms with Crippen LogP contribution in [0.5, 0.6) is 0 Å². The second-order valence-electron chi connectivity index (χ2n) is 5.34. The number of hydrogen-bond donors (Lipinski definition) is 1. The Bertz CT molecular complexity index is 654. The van der Waals surface area contributed by atoms with E-state index >= 15 is 0 Å². The molecule has 0 unspecified atom stereocenters. The van der Waals surface area contributed by atoms with Gasteiger partial charge in [-0.05, 0) is 37.1 Å². The summed E-state index contributed by atoms with van der Waals surface area (Å²) >= 11 is 0. The van der Waals surface area contributed by atoms with E-state index < -0.39 is 0 Å². The van der Waals surface area contributed by atoms with Gasteiger partial charge in [0.1, 0.15) is 5.76 Å². The van der Waals surface area contributed by atoms with Crippen LogP contribution in [0.1, 0.15) is 36.2 Å². The van der Waals surface area contributed by atoms with Crippen LogP contribution in [0.15, 0.2) is 40.8 Å². The predicted molar refractivity (Wildman–Crippen MR) is 80.1 cm³/mol. The maximum atomic E-state index is 12.3. The lowest BCUT2D eigenvalue weighted by Crippen LogP contribution is -2.20. The molecule has 1 aliphatic carbocycles. The third kappa shape index (κ3) is 2.89. The van der Waals surface area contributed by atoms with Gasteiger partial charge in [0, 0.05) is 11.5 Å². The van der Waals surface area contributed by atoms with Gasteiger partial charge in [-0.3, -0.25) is 9.59 Å². The largest absolute Gasteiger partial charge is 0.453 e. The van der Waals surface area contributed by atoms with E-state index in [0.717, 1.165) is 36.9 Å². The molecule has 1 amide bonds. The third-order valence-corrected chi connectivity index (χ3v) is 3.92. The lowest BCUT2D eigenvalue weighted by Gasteiger charge is -2.13. The first-order valence-electron chi connectivity index (χ1n) is 7.23. The number of aldehydes is 1. The third-order valence-electron chi connectivity index (χ3n) is 3.92. The Hall–Kier alpha value is -2.36. The number of hydrogen-bond acceptors (Lipinski definition) is 3. The molecule has 108 valence electrons. The highest BCUT2D eigenvalue weighted by molar-refractivity contribution is 5.96. The monoisotopic (exact) mass is 283 g/mol. The molecule has 0 radical (unpaired) electrons. The molecule has 21 heavy (non-hydrogen) atoms. The number of rotatable bonds is 4. The van der Waals surface area contributed by atoms with Gasteiger partial charge in [-0.25, -0.2) is 0 Å². The Morgan fingerprint density at radius 2 is 1.90 bits per heavy atom. The van der Waals surface area contributed by atoms with Crippen LogP contribution in [0.2, 0.25) is 0 Å². The molecule has 3 rings (SSSR count). The van der Waals surface area contributed by atoms with Crippen molar-refractivity contribution >= 4 is 17.9 Å². The minimum absolute atomic E-state index is 0.0714. The van der Waals surface area contributed by atoms with Gasteiger partial charge in [0.05, 0.1) is 5.69 Å². The molecule has 0 aliphatic heterocycles. The Balaban J connectivity index is 1.85. The fourth-order valence-electron chi connectivity index (χ4n) is 2.79. The summed E-state index contributed by atoms with van der Waals surface area (Å²) in [5, 5.41) is 2.99. The fraction of sp³-hybridized carbons (Fsp3) is 0.294. The zero-order valence-corrected chi connectivity index (χ0v) is 11.7. The molecule has 2 aromatic rings. The quantitative estimate of drug-likeness (QED) is 0.866. The van der Waals surface area contributed by atoms with Crippen molar-refractivity contribution in [3.05, 3.63) is 42.2 Å². The molecule has 4 nitrogen and oxygen atoms in total. The topological polar surface area (TPSA) is 59.3 Å². The van der Waals surface area contributed by atoms with E-state index in [4.69, 9.17) is 4.42 Å². The van der Waals surface area contributed by atoms with Gasteiger partial charge in [-0.2, -0.15) is 0 Å². The summed E-state index contributed by atoms with van der Waals surface area (Å²) in [7, 11) is 0. The maximum absolute atomic E-state index is 12.3. The van der Waals surface area contributed by atoms with E-state index in [-0.39, 0.29) is 17.6 Å². The van der Waals surface area contributed by atoms with Crippen LogP contribution >= 0.6 is 0 Å². The average molecular weight is 283 g/mol. The molecule has 1 fully saturated rings. The van der Waals surface area contributed by atoms with Gasteiger partial charge in [0.25, 0.3) is 0 Å². The number of carbonyl (C=O) groups is 2. The van der Waals surface area contributed by atoms with Crippen LogP contribution in [0.4, 0.5) is 5.69 Å². The first kappa shape index (κ1) is 13.6. The van der Waals surface area contributed by atoms with Gasteiger partial charge >= 0.3 is 0 Å². The van der Waals surface area contributed by atoms with Crippen LogP contribution < -0.4 is 5.32 Å². The number of nitrogens with one attached hydrogen (secondary N) is 1. The molecular formula is C17H17NO3. The smallest absolute Gasteiger partial charge is 0.227 e. The summed E-state index contributed by atoms with van der Waals surface area (Å²) in [6.45, 7) is 0. The lowest BCUT2D eigenvalue weighted by molar-refractivity contribution is -0.119. The summed E-state index contributed by atoms with van der Waals surface area (Å²) in [5.74, 6) is 1.05. The standard InChI is InChI=1S/C17H17NO3/c19-11-13-9-10-16(21-13)14-7-3-4-8-15(14)18-17(20)12-5-1-2-6-12/h3-4,7-12H,1-2,5-6H2,(H,18,20). The summed E-state index contributed by atoms with van der Waals surface area (Å²) in [4.78, 5) is 23.0. The van der Waals surface area contributed by atoms with Crippen LogP contribution in [0.3, 0.4) is 0 Å². The van der Waals surface area contributed by atoms with Crippen molar-refractivity contribution in [2.45, 2.75) is 25.7 Å². The number of amides is 1. The van der Waals surface area contributed by atoms with Crippen molar-refractivity contribution in [1.82, 2.24) is 0 Å². The van der Waals surface area contributed by atoms with Gasteiger partial charge in [-0.1, -0.05) is 25.0 Å². The molecular weight excluding hydrogens is 266 g/mol. The highest BCUT2D eigenvalue weighted by atomic mass is 16.3. The highest BCUT2D eigenvalue weighted by Crippen LogP contribution is 2.31. The van der Waals surface area contributed by atoms with Crippen molar-refractivity contribution in [2.75, 3.05) is 5.32 Å². The van der Waals surface area contributed by atoms with Crippen molar-refractivity contribution in [1.29, 1.82) is 0 Å². The van der Waals surface area contributed by atoms with E-state index in [1.54, 1.807) is 12.1 Å². The van der Waals surface area contributed by atoms with E-state index in [1.165, 1.54) is 0 Å². The lowest BCUT2D eigenvalue weighted by atomic mass is 10.1. The number of carbonyl (C=O) groups excluding carboxylic acids is 2. The van der Waals surface area contributed by atoms with Crippen molar-refractivity contribution in [2.24, 2.45) is 5.92 Å². The van der Waals surface area contributed by atoms with Gasteiger partial charge < -0.3 is 9.73 Å². The molecule has 1 aliphatic rings. The van der Waals surface area contributed by atoms with Crippen molar-refractivity contribution < 1.29 is 14.0 Å². The van der Waals surface area contributed by atoms with Crippen molar-refractivity contribution in [3.8, 4) is 11.3 Å². The molecule has 0 bridgehead atoms. The molecule has 4 heteroatoms. The number of para-hydroxylation sites is 1. The summed E-state index contributed by atoms with van der Waals surface area (Å²) in [6.07, 6.45) is 4.85. The van der Waals surface area contributed by atoms with Crippen molar-refractivity contribution in [3.63, 3.8) is 0 Å². The highest BCUT2D eigenvalue weighted by Gasteiger charge is 2.23. The van der Waals surface area contributed by atoms with E-state index in [0.29, 0.717) is 12.0 Å². The summed E-state index contributed by atoms with van der Waals surface area (Å²) < 4.78 is 5.45. The molecule has 0 saturated heterocycles. The van der Waals surface area contributed by atoms with E-state index in [9.17, 15) is 9.59 Å². The number of benzene rings is 1. The first-order valence-corrected chi connectivity index (χ1v) is 7.23. The van der Waals surface area contributed by atoms with E-state index in [1.807, 2.05) is 24.3 Å². The molecule has 1 aromatic heterocycles. The zero-order chi connectivity index (χ0) is 14.7. The van der Waals surface area contributed by atoms with Gasteiger partial charge in [0.15, 0.2) is 12.0 Å². The fourth-order valence-corrected chi connectivity index (χ4v) is 2.79. The molecule has 1 heterocycles. The van der Waals surface area contributed by atoms with Gasteiger partial charge in [-0.15, -0.1) is 0 Å². The molecule has 0 atom stereocenters.